The molecule has 0 aliphatic rings. The molecule has 0 unspecified atom stereocenters. The first-order valence-corrected chi connectivity index (χ1v) is 7.15. The zero-order valence-corrected chi connectivity index (χ0v) is 12.9. The molecular weight excluding hydrogens is 260 g/mol. The standard InChI is InChI=1S/C17H20N4/c1-11-12(2)20-16-8-6-5-7-15(16)17(11)18-9-14-10-19-21(4)13(14)3/h5-8,10H,9H2,1-4H3,(H,18,20). The lowest BCUT2D eigenvalue weighted by Gasteiger charge is -2.14. The molecule has 0 spiro atoms. The van der Waals surface area contributed by atoms with Gasteiger partial charge in [-0.05, 0) is 32.4 Å². The highest BCUT2D eigenvalue weighted by Gasteiger charge is 2.10. The van der Waals surface area contributed by atoms with Crippen molar-refractivity contribution in [3.05, 3.63) is 53.0 Å². The van der Waals surface area contributed by atoms with Crippen molar-refractivity contribution in [3.63, 3.8) is 0 Å². The van der Waals surface area contributed by atoms with E-state index in [-0.39, 0.29) is 0 Å². The fourth-order valence-corrected chi connectivity index (χ4v) is 2.56. The van der Waals surface area contributed by atoms with Crippen LogP contribution in [0.3, 0.4) is 0 Å². The molecule has 0 saturated heterocycles. The quantitative estimate of drug-likeness (QED) is 0.798. The molecule has 4 nitrogen and oxygen atoms in total. The van der Waals surface area contributed by atoms with E-state index in [1.54, 1.807) is 0 Å². The number of nitrogens with one attached hydrogen (secondary N) is 1. The molecule has 21 heavy (non-hydrogen) atoms. The molecule has 1 N–H and O–H groups in total. The summed E-state index contributed by atoms with van der Waals surface area (Å²) in [6.45, 7) is 7.04. The Morgan fingerprint density at radius 2 is 1.90 bits per heavy atom. The van der Waals surface area contributed by atoms with E-state index >= 15 is 0 Å². The lowest BCUT2D eigenvalue weighted by molar-refractivity contribution is 0.738. The minimum absolute atomic E-state index is 0.772. The van der Waals surface area contributed by atoms with Crippen LogP contribution in [0.4, 0.5) is 5.69 Å². The van der Waals surface area contributed by atoms with Crippen LogP contribution < -0.4 is 5.32 Å². The van der Waals surface area contributed by atoms with Crippen molar-refractivity contribution in [3.8, 4) is 0 Å². The van der Waals surface area contributed by atoms with Gasteiger partial charge in [0.2, 0.25) is 0 Å². The van der Waals surface area contributed by atoms with E-state index in [4.69, 9.17) is 0 Å². The molecule has 108 valence electrons. The number of hydrogen-bond donors (Lipinski definition) is 1. The van der Waals surface area contributed by atoms with Crippen molar-refractivity contribution in [1.82, 2.24) is 14.8 Å². The molecule has 0 atom stereocenters. The molecular formula is C17H20N4. The Morgan fingerprint density at radius 3 is 2.62 bits per heavy atom. The zero-order valence-electron chi connectivity index (χ0n) is 12.9. The van der Waals surface area contributed by atoms with Gasteiger partial charge in [0.05, 0.1) is 11.7 Å². The number of fused-ring (bicyclic) bond motifs is 1. The monoisotopic (exact) mass is 280 g/mol. The molecule has 2 aromatic heterocycles. The first kappa shape index (κ1) is 13.6. The summed E-state index contributed by atoms with van der Waals surface area (Å²) in [6, 6.07) is 8.26. The average Bonchev–Trinajstić information content (AvgIpc) is 2.79. The highest BCUT2D eigenvalue weighted by Crippen LogP contribution is 2.28. The van der Waals surface area contributed by atoms with Gasteiger partial charge in [-0.1, -0.05) is 18.2 Å². The first-order valence-electron chi connectivity index (χ1n) is 7.15. The third-order valence-electron chi connectivity index (χ3n) is 4.17. The maximum Gasteiger partial charge on any atom is 0.0726 e. The molecule has 3 aromatic rings. The predicted octanol–water partition coefficient (Wildman–Crippen LogP) is 3.51. The molecule has 0 aliphatic heterocycles. The van der Waals surface area contributed by atoms with Crippen LogP contribution in [0.15, 0.2) is 30.5 Å². The van der Waals surface area contributed by atoms with Crippen LogP contribution in [0.1, 0.15) is 22.5 Å². The maximum absolute atomic E-state index is 4.66. The van der Waals surface area contributed by atoms with Crippen molar-refractivity contribution in [2.75, 3.05) is 5.32 Å². The van der Waals surface area contributed by atoms with Gasteiger partial charge in [0.1, 0.15) is 0 Å². The fraction of sp³-hybridized carbons (Fsp3) is 0.294. The van der Waals surface area contributed by atoms with Gasteiger partial charge in [-0.15, -0.1) is 0 Å². The summed E-state index contributed by atoms with van der Waals surface area (Å²) in [5.41, 5.74) is 6.88. The summed E-state index contributed by atoms with van der Waals surface area (Å²) in [4.78, 5) is 4.66. The number of aromatic nitrogens is 3. The van der Waals surface area contributed by atoms with Crippen molar-refractivity contribution in [2.24, 2.45) is 7.05 Å². The van der Waals surface area contributed by atoms with E-state index in [1.165, 1.54) is 27.9 Å². The molecule has 0 bridgehead atoms. The fourth-order valence-electron chi connectivity index (χ4n) is 2.56. The van der Waals surface area contributed by atoms with Crippen molar-refractivity contribution in [1.29, 1.82) is 0 Å². The van der Waals surface area contributed by atoms with Crippen molar-refractivity contribution in [2.45, 2.75) is 27.3 Å². The normalized spacial score (nSPS) is 11.0. The van der Waals surface area contributed by atoms with Crippen LogP contribution in [0.25, 0.3) is 10.9 Å². The van der Waals surface area contributed by atoms with Crippen LogP contribution in [0.2, 0.25) is 0 Å². The molecule has 0 amide bonds. The summed E-state index contributed by atoms with van der Waals surface area (Å²) < 4.78 is 1.90. The van der Waals surface area contributed by atoms with Gasteiger partial charge in [-0.2, -0.15) is 5.10 Å². The number of para-hydroxylation sites is 1. The zero-order chi connectivity index (χ0) is 15.0. The SMILES string of the molecule is Cc1nc2ccccc2c(NCc2cnn(C)c2C)c1C. The topological polar surface area (TPSA) is 42.7 Å². The summed E-state index contributed by atoms with van der Waals surface area (Å²) in [5.74, 6) is 0. The molecule has 3 rings (SSSR count). The largest absolute Gasteiger partial charge is 0.380 e. The second-order valence-corrected chi connectivity index (χ2v) is 5.45. The van der Waals surface area contributed by atoms with Crippen molar-refractivity contribution < 1.29 is 0 Å². The van der Waals surface area contributed by atoms with E-state index in [9.17, 15) is 0 Å². The minimum Gasteiger partial charge on any atom is -0.380 e. The van der Waals surface area contributed by atoms with E-state index in [0.29, 0.717) is 0 Å². The molecule has 4 heteroatoms. The number of hydrogen-bond acceptors (Lipinski definition) is 3. The lowest BCUT2D eigenvalue weighted by atomic mass is 10.1. The Bertz CT molecular complexity index is 802. The highest BCUT2D eigenvalue weighted by atomic mass is 15.3. The Hall–Kier alpha value is -2.36. The molecule has 0 saturated carbocycles. The number of anilines is 1. The van der Waals surface area contributed by atoms with Crippen LogP contribution in [-0.4, -0.2) is 14.8 Å². The van der Waals surface area contributed by atoms with E-state index < -0.39 is 0 Å². The summed E-state index contributed by atoms with van der Waals surface area (Å²) in [6.07, 6.45) is 1.92. The summed E-state index contributed by atoms with van der Waals surface area (Å²) >= 11 is 0. The van der Waals surface area contributed by atoms with Gasteiger partial charge in [0.25, 0.3) is 0 Å². The third kappa shape index (κ3) is 2.37. The summed E-state index contributed by atoms with van der Waals surface area (Å²) in [7, 11) is 1.97. The van der Waals surface area contributed by atoms with Gasteiger partial charge in [-0.3, -0.25) is 9.67 Å². The average molecular weight is 280 g/mol. The van der Waals surface area contributed by atoms with E-state index in [2.05, 4.69) is 54.4 Å². The number of rotatable bonds is 3. The molecule has 2 heterocycles. The second-order valence-electron chi connectivity index (χ2n) is 5.45. The molecule has 0 fully saturated rings. The molecule has 1 aromatic carbocycles. The number of aryl methyl sites for hydroxylation is 2. The third-order valence-corrected chi connectivity index (χ3v) is 4.17. The smallest absolute Gasteiger partial charge is 0.0726 e. The maximum atomic E-state index is 4.66. The van der Waals surface area contributed by atoms with Crippen LogP contribution in [0, 0.1) is 20.8 Å². The Labute approximate surface area is 124 Å². The lowest BCUT2D eigenvalue weighted by Crippen LogP contribution is -2.05. The van der Waals surface area contributed by atoms with Gasteiger partial charge in [-0.25, -0.2) is 0 Å². The highest BCUT2D eigenvalue weighted by molar-refractivity contribution is 5.93. The van der Waals surface area contributed by atoms with Gasteiger partial charge < -0.3 is 5.32 Å². The Morgan fingerprint density at radius 1 is 1.14 bits per heavy atom. The van der Waals surface area contributed by atoms with Crippen molar-refractivity contribution >= 4 is 16.6 Å². The number of benzene rings is 1. The van der Waals surface area contributed by atoms with E-state index in [0.717, 1.165) is 17.8 Å². The minimum atomic E-state index is 0.772. The van der Waals surface area contributed by atoms with Gasteiger partial charge in [0, 0.05) is 41.6 Å². The number of pyridine rings is 1. The van der Waals surface area contributed by atoms with E-state index in [1.807, 2.05) is 24.0 Å². The Balaban J connectivity index is 2.00. The summed E-state index contributed by atoms with van der Waals surface area (Å²) in [5, 5.41) is 9.04. The Kier molecular flexibility index (Phi) is 3.37. The first-order chi connectivity index (χ1) is 10.1. The van der Waals surface area contributed by atoms with Gasteiger partial charge >= 0.3 is 0 Å². The molecule has 0 aliphatic carbocycles. The van der Waals surface area contributed by atoms with Crippen LogP contribution >= 0.6 is 0 Å². The predicted molar refractivity (Wildman–Crippen MR) is 86.5 cm³/mol. The second kappa shape index (κ2) is 5.20. The van der Waals surface area contributed by atoms with Gasteiger partial charge in [0.15, 0.2) is 0 Å². The van der Waals surface area contributed by atoms with Crippen LogP contribution in [0.5, 0.6) is 0 Å². The van der Waals surface area contributed by atoms with Crippen LogP contribution in [-0.2, 0) is 13.6 Å². The molecule has 0 radical (unpaired) electrons. The number of nitrogens with zero attached hydrogens (tertiary/aromatic N) is 3.